The van der Waals surface area contributed by atoms with E-state index < -0.39 is 11.8 Å². The quantitative estimate of drug-likeness (QED) is 0.283. The summed E-state index contributed by atoms with van der Waals surface area (Å²) in [7, 11) is 1.62. The molecule has 4 aromatic rings. The average Bonchev–Trinajstić information content (AvgIpc) is 3.40. The van der Waals surface area contributed by atoms with Gasteiger partial charge in [-0.15, -0.1) is 0 Å². The predicted octanol–water partition coefficient (Wildman–Crippen LogP) is 5.21. The van der Waals surface area contributed by atoms with E-state index in [9.17, 15) is 9.18 Å². The van der Waals surface area contributed by atoms with Gasteiger partial charge >= 0.3 is 5.97 Å². The van der Waals surface area contributed by atoms with Gasteiger partial charge in [-0.05, 0) is 48.5 Å². The highest BCUT2D eigenvalue weighted by Gasteiger charge is 2.26. The second-order valence-electron chi connectivity index (χ2n) is 7.63. The second kappa shape index (κ2) is 9.23. The molecule has 0 saturated carbocycles. The molecule has 6 nitrogen and oxygen atoms in total. The highest BCUT2D eigenvalue weighted by Crippen LogP contribution is 2.27. The van der Waals surface area contributed by atoms with Gasteiger partial charge in [0.2, 0.25) is 5.90 Å². The summed E-state index contributed by atoms with van der Waals surface area (Å²) >= 11 is 0. The van der Waals surface area contributed by atoms with Gasteiger partial charge in [0.15, 0.2) is 5.70 Å². The molecule has 0 radical (unpaired) electrons. The first-order valence-corrected chi connectivity index (χ1v) is 10.7. The van der Waals surface area contributed by atoms with E-state index in [2.05, 4.69) is 9.56 Å². The Hall–Kier alpha value is -4.39. The Morgan fingerprint density at radius 2 is 1.74 bits per heavy atom. The number of para-hydroxylation sites is 1. The van der Waals surface area contributed by atoms with Gasteiger partial charge in [0.1, 0.15) is 23.9 Å². The van der Waals surface area contributed by atoms with Crippen LogP contribution in [0.3, 0.4) is 0 Å². The summed E-state index contributed by atoms with van der Waals surface area (Å²) in [5, 5.41) is 0.960. The van der Waals surface area contributed by atoms with E-state index >= 15 is 0 Å². The minimum absolute atomic E-state index is 0.0361. The predicted molar refractivity (Wildman–Crippen MR) is 127 cm³/mol. The van der Waals surface area contributed by atoms with Crippen LogP contribution in [-0.4, -0.2) is 30.2 Å². The van der Waals surface area contributed by atoms with E-state index in [1.54, 1.807) is 25.3 Å². The molecule has 34 heavy (non-hydrogen) atoms. The number of esters is 1. The molecule has 0 unspecified atom stereocenters. The first kappa shape index (κ1) is 21.5. The van der Waals surface area contributed by atoms with Crippen molar-refractivity contribution < 1.29 is 23.4 Å². The van der Waals surface area contributed by atoms with Gasteiger partial charge in [0.05, 0.1) is 19.2 Å². The van der Waals surface area contributed by atoms with E-state index in [4.69, 9.17) is 14.2 Å². The van der Waals surface area contributed by atoms with Crippen LogP contribution >= 0.6 is 0 Å². The smallest absolute Gasteiger partial charge is 0.363 e. The minimum Gasteiger partial charge on any atom is -0.497 e. The zero-order valence-electron chi connectivity index (χ0n) is 18.4. The number of methoxy groups -OCH3 is 1. The lowest BCUT2D eigenvalue weighted by molar-refractivity contribution is -0.129. The fourth-order valence-electron chi connectivity index (χ4n) is 3.82. The van der Waals surface area contributed by atoms with Crippen molar-refractivity contribution in [2.75, 3.05) is 13.7 Å². The molecule has 0 amide bonds. The van der Waals surface area contributed by atoms with Crippen molar-refractivity contribution in [3.8, 4) is 11.5 Å². The van der Waals surface area contributed by atoms with E-state index in [1.165, 1.54) is 12.1 Å². The molecular formula is C27H21FN2O4. The number of rotatable bonds is 7. The lowest BCUT2D eigenvalue weighted by Gasteiger charge is -2.09. The van der Waals surface area contributed by atoms with Gasteiger partial charge in [0.25, 0.3) is 0 Å². The first-order chi connectivity index (χ1) is 16.6. The van der Waals surface area contributed by atoms with Crippen LogP contribution in [0.4, 0.5) is 4.39 Å². The summed E-state index contributed by atoms with van der Waals surface area (Å²) in [4.78, 5) is 16.7. The van der Waals surface area contributed by atoms with Crippen molar-refractivity contribution in [1.82, 2.24) is 4.57 Å². The SMILES string of the molecule is COc1ccc(OCCn2cc(C=C3N=C(c4ccccc4F)OC3=O)c3ccccc32)cc1. The van der Waals surface area contributed by atoms with Crippen molar-refractivity contribution in [2.45, 2.75) is 6.54 Å². The van der Waals surface area contributed by atoms with Crippen molar-refractivity contribution in [2.24, 2.45) is 4.99 Å². The maximum atomic E-state index is 14.1. The highest BCUT2D eigenvalue weighted by molar-refractivity contribution is 6.13. The van der Waals surface area contributed by atoms with Gasteiger partial charge in [-0.25, -0.2) is 14.2 Å². The average molecular weight is 456 g/mol. The Bertz CT molecular complexity index is 1420. The Morgan fingerprint density at radius 1 is 1.00 bits per heavy atom. The van der Waals surface area contributed by atoms with Crippen LogP contribution in [-0.2, 0) is 16.1 Å². The summed E-state index contributed by atoms with van der Waals surface area (Å²) < 4.78 is 32.4. The fourth-order valence-corrected chi connectivity index (χ4v) is 3.82. The first-order valence-electron chi connectivity index (χ1n) is 10.7. The van der Waals surface area contributed by atoms with Crippen LogP contribution < -0.4 is 9.47 Å². The molecule has 0 N–H and O–H groups in total. The van der Waals surface area contributed by atoms with Crippen molar-refractivity contribution in [1.29, 1.82) is 0 Å². The van der Waals surface area contributed by atoms with Gasteiger partial charge in [-0.3, -0.25) is 0 Å². The van der Waals surface area contributed by atoms with Crippen LogP contribution in [0.5, 0.6) is 11.5 Å². The number of ether oxygens (including phenoxy) is 3. The van der Waals surface area contributed by atoms with Crippen LogP contribution in [0.2, 0.25) is 0 Å². The van der Waals surface area contributed by atoms with E-state index in [0.717, 1.165) is 28.0 Å². The summed E-state index contributed by atoms with van der Waals surface area (Å²) in [5.74, 6) is 0.378. The normalized spacial score (nSPS) is 14.4. The number of cyclic esters (lactones) is 1. The van der Waals surface area contributed by atoms with E-state index in [0.29, 0.717) is 13.2 Å². The number of aromatic nitrogens is 1. The molecule has 3 aromatic carbocycles. The molecule has 2 heterocycles. The third kappa shape index (κ3) is 4.28. The Morgan fingerprint density at radius 3 is 2.53 bits per heavy atom. The molecule has 1 aliphatic rings. The zero-order chi connectivity index (χ0) is 23.5. The number of halogens is 1. The number of carbonyl (C=O) groups is 1. The molecule has 1 aliphatic heterocycles. The fraction of sp³-hybridized carbons (Fsp3) is 0.111. The topological polar surface area (TPSA) is 62.1 Å². The molecule has 0 spiro atoms. The third-order valence-electron chi connectivity index (χ3n) is 5.50. The van der Waals surface area contributed by atoms with Crippen molar-refractivity contribution in [3.63, 3.8) is 0 Å². The molecule has 5 rings (SSSR count). The summed E-state index contributed by atoms with van der Waals surface area (Å²) in [6.07, 6.45) is 3.61. The number of carbonyl (C=O) groups excluding carboxylic acids is 1. The third-order valence-corrected chi connectivity index (χ3v) is 5.50. The van der Waals surface area contributed by atoms with Gasteiger partial charge in [0, 0.05) is 22.7 Å². The maximum absolute atomic E-state index is 14.1. The lowest BCUT2D eigenvalue weighted by Crippen LogP contribution is -2.07. The summed E-state index contributed by atoms with van der Waals surface area (Å²) in [6.45, 7) is 1.06. The summed E-state index contributed by atoms with van der Waals surface area (Å²) in [5.41, 5.74) is 2.08. The number of fused-ring (bicyclic) bond motifs is 1. The number of hydrogen-bond donors (Lipinski definition) is 0. The Labute approximate surface area is 195 Å². The molecule has 0 saturated heterocycles. The van der Waals surface area contributed by atoms with E-state index in [1.807, 2.05) is 54.7 Å². The highest BCUT2D eigenvalue weighted by atomic mass is 19.1. The summed E-state index contributed by atoms with van der Waals surface area (Å²) in [6, 6.07) is 21.4. The van der Waals surface area contributed by atoms with E-state index in [-0.39, 0.29) is 17.2 Å². The largest absolute Gasteiger partial charge is 0.497 e. The standard InChI is InChI=1S/C27H21FN2O4/c1-32-19-10-12-20(13-11-19)33-15-14-30-17-18(21-6-3-5-9-25(21)30)16-24-27(31)34-26(29-24)22-7-2-4-8-23(22)28/h2-13,16-17H,14-15H2,1H3. The van der Waals surface area contributed by atoms with Gasteiger partial charge < -0.3 is 18.8 Å². The van der Waals surface area contributed by atoms with Crippen LogP contribution in [0.1, 0.15) is 11.1 Å². The Kier molecular flexibility index (Phi) is 5.82. The molecule has 0 aliphatic carbocycles. The van der Waals surface area contributed by atoms with Crippen LogP contribution in [0.25, 0.3) is 17.0 Å². The molecule has 7 heteroatoms. The molecule has 170 valence electrons. The van der Waals surface area contributed by atoms with Crippen molar-refractivity contribution >= 4 is 28.8 Å². The second-order valence-corrected chi connectivity index (χ2v) is 7.63. The van der Waals surface area contributed by atoms with Gasteiger partial charge in [-0.2, -0.15) is 0 Å². The van der Waals surface area contributed by atoms with Gasteiger partial charge in [-0.1, -0.05) is 30.3 Å². The lowest BCUT2D eigenvalue weighted by atomic mass is 10.1. The number of benzene rings is 3. The number of aliphatic imine (C=N–C) groups is 1. The Balaban J connectivity index is 1.39. The van der Waals surface area contributed by atoms with Crippen LogP contribution in [0, 0.1) is 5.82 Å². The maximum Gasteiger partial charge on any atom is 0.363 e. The molecular weight excluding hydrogens is 435 g/mol. The number of nitrogens with zero attached hydrogens (tertiary/aromatic N) is 2. The van der Waals surface area contributed by atoms with Crippen LogP contribution in [0.15, 0.2) is 89.7 Å². The zero-order valence-corrected chi connectivity index (χ0v) is 18.4. The molecule has 0 fully saturated rings. The van der Waals surface area contributed by atoms with Crippen molar-refractivity contribution in [3.05, 3.63) is 102 Å². The monoisotopic (exact) mass is 456 g/mol. The number of hydrogen-bond acceptors (Lipinski definition) is 5. The minimum atomic E-state index is -0.613. The molecule has 1 aromatic heterocycles. The molecule has 0 atom stereocenters. The molecule has 0 bridgehead atoms.